The van der Waals surface area contributed by atoms with Gasteiger partial charge in [0.1, 0.15) is 11.6 Å². The number of anilines is 1. The third kappa shape index (κ3) is 4.58. The van der Waals surface area contributed by atoms with Gasteiger partial charge in [-0.25, -0.2) is 8.78 Å². The monoisotopic (exact) mass is 359 g/mol. The molecular weight excluding hydrogens is 336 g/mol. The minimum Gasteiger partial charge on any atom is -0.369 e. The number of hydrogen-bond donors (Lipinski definition) is 1. The third-order valence-corrected chi connectivity index (χ3v) is 4.63. The van der Waals surface area contributed by atoms with Crippen molar-refractivity contribution in [3.63, 3.8) is 0 Å². The molecule has 1 heterocycles. The van der Waals surface area contributed by atoms with Crippen molar-refractivity contribution >= 4 is 11.6 Å². The average Bonchev–Trinajstić information content (AvgIpc) is 2.62. The number of piperazine rings is 1. The summed E-state index contributed by atoms with van der Waals surface area (Å²) in [6.07, 6.45) is 0. The molecular formula is C20H23F2N3O. The van der Waals surface area contributed by atoms with Crippen molar-refractivity contribution in [3.8, 4) is 0 Å². The standard InChI is InChI=1S/C20H23F2N3O/c1-15-3-2-4-17(13-15)25-11-9-24(10-12-25)8-7-23-20(26)18-6-5-16(21)14-19(18)22/h2-6,13-14H,7-12H2,1H3,(H,23,26). The molecule has 0 atom stereocenters. The van der Waals surface area contributed by atoms with Gasteiger partial charge in [-0.1, -0.05) is 12.1 Å². The molecule has 0 bridgehead atoms. The summed E-state index contributed by atoms with van der Waals surface area (Å²) < 4.78 is 26.5. The molecule has 1 aliphatic rings. The third-order valence-electron chi connectivity index (χ3n) is 4.63. The van der Waals surface area contributed by atoms with Crippen molar-refractivity contribution in [2.75, 3.05) is 44.2 Å². The van der Waals surface area contributed by atoms with Gasteiger partial charge in [0.05, 0.1) is 5.56 Å². The molecule has 2 aromatic rings. The van der Waals surface area contributed by atoms with Crippen LogP contribution in [-0.2, 0) is 0 Å². The van der Waals surface area contributed by atoms with Crippen LogP contribution in [0.1, 0.15) is 15.9 Å². The predicted molar refractivity (Wildman–Crippen MR) is 98.5 cm³/mol. The molecule has 26 heavy (non-hydrogen) atoms. The van der Waals surface area contributed by atoms with Gasteiger partial charge in [-0.3, -0.25) is 9.69 Å². The Bertz CT molecular complexity index is 773. The van der Waals surface area contributed by atoms with Crippen LogP contribution in [-0.4, -0.2) is 50.1 Å². The SMILES string of the molecule is Cc1cccc(N2CCN(CCNC(=O)c3ccc(F)cc3F)CC2)c1. The van der Waals surface area contributed by atoms with E-state index in [1.807, 2.05) is 0 Å². The number of halogens is 2. The fourth-order valence-corrected chi connectivity index (χ4v) is 3.15. The summed E-state index contributed by atoms with van der Waals surface area (Å²) in [5.41, 5.74) is 2.36. The van der Waals surface area contributed by atoms with Crippen LogP contribution in [0.3, 0.4) is 0 Å². The van der Waals surface area contributed by atoms with Crippen LogP contribution in [0.4, 0.5) is 14.5 Å². The lowest BCUT2D eigenvalue weighted by atomic mass is 10.2. The highest BCUT2D eigenvalue weighted by Crippen LogP contribution is 2.17. The van der Waals surface area contributed by atoms with Gasteiger partial charge in [0.15, 0.2) is 0 Å². The van der Waals surface area contributed by atoms with Crippen LogP contribution in [0.5, 0.6) is 0 Å². The number of rotatable bonds is 5. The molecule has 0 unspecified atom stereocenters. The molecule has 1 amide bonds. The minimum atomic E-state index is -0.839. The maximum absolute atomic E-state index is 13.6. The van der Waals surface area contributed by atoms with Gasteiger partial charge >= 0.3 is 0 Å². The Kier molecular flexibility index (Phi) is 5.83. The zero-order valence-electron chi connectivity index (χ0n) is 14.8. The van der Waals surface area contributed by atoms with E-state index < -0.39 is 17.5 Å². The van der Waals surface area contributed by atoms with Crippen LogP contribution >= 0.6 is 0 Å². The van der Waals surface area contributed by atoms with Gasteiger partial charge in [0.2, 0.25) is 0 Å². The van der Waals surface area contributed by atoms with Crippen molar-refractivity contribution in [2.24, 2.45) is 0 Å². The topological polar surface area (TPSA) is 35.6 Å². The maximum atomic E-state index is 13.6. The van der Waals surface area contributed by atoms with Gasteiger partial charge in [-0.2, -0.15) is 0 Å². The van der Waals surface area contributed by atoms with E-state index in [9.17, 15) is 13.6 Å². The van der Waals surface area contributed by atoms with Gasteiger partial charge in [0, 0.05) is 51.0 Å². The molecule has 0 aromatic heterocycles. The summed E-state index contributed by atoms with van der Waals surface area (Å²) in [5, 5.41) is 2.70. The Labute approximate surface area is 152 Å². The molecule has 6 heteroatoms. The fraction of sp³-hybridized carbons (Fsp3) is 0.350. The predicted octanol–water partition coefficient (Wildman–Crippen LogP) is 2.83. The number of carbonyl (C=O) groups excluding carboxylic acids is 1. The average molecular weight is 359 g/mol. The molecule has 0 aliphatic carbocycles. The van der Waals surface area contributed by atoms with Gasteiger partial charge in [0.25, 0.3) is 5.91 Å². The molecule has 1 fully saturated rings. The second-order valence-corrected chi connectivity index (χ2v) is 6.55. The van der Waals surface area contributed by atoms with Crippen LogP contribution in [0.25, 0.3) is 0 Å². The fourth-order valence-electron chi connectivity index (χ4n) is 3.15. The smallest absolute Gasteiger partial charge is 0.254 e. The lowest BCUT2D eigenvalue weighted by molar-refractivity contribution is 0.0943. The molecule has 2 aromatic carbocycles. The second-order valence-electron chi connectivity index (χ2n) is 6.55. The molecule has 4 nitrogen and oxygen atoms in total. The van der Waals surface area contributed by atoms with Crippen molar-refractivity contribution in [3.05, 3.63) is 65.2 Å². The van der Waals surface area contributed by atoms with E-state index in [0.29, 0.717) is 13.1 Å². The first kappa shape index (κ1) is 18.3. The number of aryl methyl sites for hydroxylation is 1. The van der Waals surface area contributed by atoms with E-state index >= 15 is 0 Å². The molecule has 138 valence electrons. The van der Waals surface area contributed by atoms with Crippen molar-refractivity contribution in [1.29, 1.82) is 0 Å². The molecule has 1 N–H and O–H groups in total. The number of nitrogens with zero attached hydrogens (tertiary/aromatic N) is 2. The Balaban J connectivity index is 1.43. The number of amides is 1. The van der Waals surface area contributed by atoms with Gasteiger partial charge < -0.3 is 10.2 Å². The minimum absolute atomic E-state index is 0.129. The van der Waals surface area contributed by atoms with Gasteiger partial charge in [-0.05, 0) is 36.8 Å². The van der Waals surface area contributed by atoms with E-state index in [0.717, 1.165) is 38.3 Å². The highest BCUT2D eigenvalue weighted by Gasteiger charge is 2.18. The molecule has 3 rings (SSSR count). The molecule has 0 spiro atoms. The Morgan fingerprint density at radius 1 is 1.08 bits per heavy atom. The number of carbonyl (C=O) groups is 1. The van der Waals surface area contributed by atoms with Crippen LogP contribution in [0.2, 0.25) is 0 Å². The van der Waals surface area contributed by atoms with Gasteiger partial charge in [-0.15, -0.1) is 0 Å². The molecule has 1 aliphatic heterocycles. The highest BCUT2D eigenvalue weighted by molar-refractivity contribution is 5.94. The summed E-state index contributed by atoms with van der Waals surface area (Å²) in [6.45, 7) is 6.92. The number of nitrogens with one attached hydrogen (secondary N) is 1. The van der Waals surface area contributed by atoms with Crippen molar-refractivity contribution < 1.29 is 13.6 Å². The molecule has 0 radical (unpaired) electrons. The summed E-state index contributed by atoms with van der Waals surface area (Å²) in [6, 6.07) is 11.4. The van der Waals surface area contributed by atoms with E-state index in [1.165, 1.54) is 17.3 Å². The summed E-state index contributed by atoms with van der Waals surface area (Å²) in [4.78, 5) is 16.6. The molecule has 0 saturated carbocycles. The lowest BCUT2D eigenvalue weighted by Crippen LogP contribution is -2.48. The van der Waals surface area contributed by atoms with Crippen LogP contribution in [0.15, 0.2) is 42.5 Å². The lowest BCUT2D eigenvalue weighted by Gasteiger charge is -2.36. The quantitative estimate of drug-likeness (QED) is 0.892. The van der Waals surface area contributed by atoms with E-state index in [-0.39, 0.29) is 5.56 Å². The van der Waals surface area contributed by atoms with Crippen LogP contribution < -0.4 is 10.2 Å². The van der Waals surface area contributed by atoms with E-state index in [4.69, 9.17) is 0 Å². The van der Waals surface area contributed by atoms with Crippen LogP contribution in [0, 0.1) is 18.6 Å². The zero-order valence-corrected chi connectivity index (χ0v) is 14.8. The van der Waals surface area contributed by atoms with Crippen molar-refractivity contribution in [2.45, 2.75) is 6.92 Å². The Morgan fingerprint density at radius 2 is 1.85 bits per heavy atom. The normalized spacial score (nSPS) is 15.1. The Hall–Kier alpha value is -2.47. The summed E-state index contributed by atoms with van der Waals surface area (Å²) in [7, 11) is 0. The number of hydrogen-bond acceptors (Lipinski definition) is 3. The molecule has 1 saturated heterocycles. The first-order valence-electron chi connectivity index (χ1n) is 8.80. The summed E-state index contributed by atoms with van der Waals surface area (Å²) in [5.74, 6) is -2.04. The van der Waals surface area contributed by atoms with Crippen molar-refractivity contribution in [1.82, 2.24) is 10.2 Å². The second kappa shape index (κ2) is 8.27. The largest absolute Gasteiger partial charge is 0.369 e. The van der Waals surface area contributed by atoms with E-state index in [2.05, 4.69) is 46.3 Å². The summed E-state index contributed by atoms with van der Waals surface area (Å²) >= 11 is 0. The highest BCUT2D eigenvalue weighted by atomic mass is 19.1. The number of benzene rings is 2. The first-order valence-corrected chi connectivity index (χ1v) is 8.80. The maximum Gasteiger partial charge on any atom is 0.254 e. The van der Waals surface area contributed by atoms with E-state index in [1.54, 1.807) is 0 Å². The first-order chi connectivity index (χ1) is 12.5. The Morgan fingerprint density at radius 3 is 2.54 bits per heavy atom. The zero-order chi connectivity index (χ0) is 18.5.